The van der Waals surface area contributed by atoms with E-state index in [0.29, 0.717) is 25.7 Å². The van der Waals surface area contributed by atoms with Crippen molar-refractivity contribution in [3.05, 3.63) is 29.8 Å². The van der Waals surface area contributed by atoms with Crippen molar-refractivity contribution in [2.75, 3.05) is 26.8 Å². The van der Waals surface area contributed by atoms with Gasteiger partial charge < -0.3 is 15.2 Å². The van der Waals surface area contributed by atoms with Gasteiger partial charge in [-0.15, -0.1) is 0 Å². The highest BCUT2D eigenvalue weighted by atomic mass is 16.5. The van der Waals surface area contributed by atoms with E-state index in [9.17, 15) is 4.79 Å². The van der Waals surface area contributed by atoms with Crippen molar-refractivity contribution in [1.29, 1.82) is 0 Å². The Labute approximate surface area is 119 Å². The second kappa shape index (κ2) is 7.26. The molecule has 1 saturated carbocycles. The third-order valence-corrected chi connectivity index (χ3v) is 3.31. The molecular formula is C15H22N2O3. The van der Waals surface area contributed by atoms with E-state index in [2.05, 4.69) is 5.32 Å². The normalized spacial score (nSPS) is 14.3. The molecule has 0 spiro atoms. The van der Waals surface area contributed by atoms with Gasteiger partial charge in [0.25, 0.3) is 0 Å². The highest BCUT2D eigenvalue weighted by Crippen LogP contribution is 2.20. The van der Waals surface area contributed by atoms with Gasteiger partial charge in [-0.3, -0.25) is 9.69 Å². The van der Waals surface area contributed by atoms with E-state index < -0.39 is 0 Å². The molecule has 1 aliphatic rings. The second-order valence-electron chi connectivity index (χ2n) is 5.09. The lowest BCUT2D eigenvalue weighted by atomic mass is 10.2. The van der Waals surface area contributed by atoms with Crippen LogP contribution in [-0.2, 0) is 11.3 Å². The minimum absolute atomic E-state index is 0.0239. The smallest absolute Gasteiger partial charge is 0.234 e. The number of nitrogens with one attached hydrogen (secondary N) is 1. The van der Waals surface area contributed by atoms with Crippen molar-refractivity contribution in [3.63, 3.8) is 0 Å². The highest BCUT2D eigenvalue weighted by Gasteiger charge is 2.24. The summed E-state index contributed by atoms with van der Waals surface area (Å²) in [7, 11) is 1.63. The number of amides is 1. The zero-order valence-corrected chi connectivity index (χ0v) is 11.8. The molecule has 0 saturated heterocycles. The largest absolute Gasteiger partial charge is 0.496 e. The van der Waals surface area contributed by atoms with Gasteiger partial charge >= 0.3 is 0 Å². The Hall–Kier alpha value is -1.59. The molecule has 0 atom stereocenters. The van der Waals surface area contributed by atoms with Gasteiger partial charge in [-0.2, -0.15) is 0 Å². The number of para-hydroxylation sites is 1. The van der Waals surface area contributed by atoms with Gasteiger partial charge in [-0.25, -0.2) is 0 Å². The Morgan fingerprint density at radius 1 is 1.45 bits per heavy atom. The molecule has 0 unspecified atom stereocenters. The zero-order chi connectivity index (χ0) is 14.4. The van der Waals surface area contributed by atoms with Crippen LogP contribution in [-0.4, -0.2) is 48.8 Å². The van der Waals surface area contributed by atoms with E-state index in [-0.39, 0.29) is 12.5 Å². The Bertz CT molecular complexity index is 446. The number of benzene rings is 1. The quantitative estimate of drug-likeness (QED) is 0.737. The van der Waals surface area contributed by atoms with E-state index in [1.807, 2.05) is 29.2 Å². The summed E-state index contributed by atoms with van der Waals surface area (Å²) in [6.45, 7) is 1.39. The van der Waals surface area contributed by atoms with Crippen molar-refractivity contribution >= 4 is 5.91 Å². The Morgan fingerprint density at radius 3 is 2.85 bits per heavy atom. The van der Waals surface area contributed by atoms with Crippen molar-refractivity contribution < 1.29 is 14.6 Å². The molecule has 5 heteroatoms. The number of hydrogen-bond acceptors (Lipinski definition) is 4. The minimum Gasteiger partial charge on any atom is -0.496 e. The summed E-state index contributed by atoms with van der Waals surface area (Å²) in [5.74, 6) is 0.828. The molecule has 110 valence electrons. The van der Waals surface area contributed by atoms with Crippen LogP contribution in [0.3, 0.4) is 0 Å². The summed E-state index contributed by atoms with van der Waals surface area (Å²) in [5, 5.41) is 12.1. The van der Waals surface area contributed by atoms with Crippen LogP contribution in [0.25, 0.3) is 0 Å². The lowest BCUT2D eigenvalue weighted by Crippen LogP contribution is -2.39. The molecule has 2 rings (SSSR count). The number of ether oxygens (including phenoxy) is 1. The SMILES string of the molecule is COc1ccccc1CN(CCO)CC(=O)NC1CC1. The predicted molar refractivity (Wildman–Crippen MR) is 76.5 cm³/mol. The Morgan fingerprint density at radius 2 is 2.20 bits per heavy atom. The van der Waals surface area contributed by atoms with Gasteiger partial charge in [0.1, 0.15) is 5.75 Å². The maximum atomic E-state index is 11.9. The molecule has 0 heterocycles. The first-order valence-corrected chi connectivity index (χ1v) is 6.97. The van der Waals surface area contributed by atoms with Gasteiger partial charge in [0, 0.05) is 24.7 Å². The van der Waals surface area contributed by atoms with Crippen LogP contribution in [0.5, 0.6) is 5.75 Å². The number of aliphatic hydroxyl groups excluding tert-OH is 1. The summed E-state index contributed by atoms with van der Waals surface area (Å²) >= 11 is 0. The number of carbonyl (C=O) groups is 1. The fourth-order valence-corrected chi connectivity index (χ4v) is 2.13. The number of methoxy groups -OCH3 is 1. The number of aliphatic hydroxyl groups is 1. The molecule has 5 nitrogen and oxygen atoms in total. The second-order valence-corrected chi connectivity index (χ2v) is 5.09. The molecule has 1 fully saturated rings. The van der Waals surface area contributed by atoms with Crippen molar-refractivity contribution in [2.45, 2.75) is 25.4 Å². The molecule has 1 amide bonds. The monoisotopic (exact) mass is 278 g/mol. The van der Waals surface area contributed by atoms with Gasteiger partial charge in [0.15, 0.2) is 0 Å². The Kier molecular flexibility index (Phi) is 5.38. The lowest BCUT2D eigenvalue weighted by molar-refractivity contribution is -0.122. The standard InChI is InChI=1S/C15H22N2O3/c1-20-14-5-3-2-4-12(14)10-17(8-9-18)11-15(19)16-13-6-7-13/h2-5,13,18H,6-11H2,1H3,(H,16,19). The third-order valence-electron chi connectivity index (χ3n) is 3.31. The molecule has 1 aliphatic carbocycles. The van der Waals surface area contributed by atoms with Crippen LogP contribution in [0.4, 0.5) is 0 Å². The van der Waals surface area contributed by atoms with Crippen LogP contribution in [0.2, 0.25) is 0 Å². The van der Waals surface area contributed by atoms with Crippen LogP contribution in [0, 0.1) is 0 Å². The molecule has 0 aromatic heterocycles. The fourth-order valence-electron chi connectivity index (χ4n) is 2.13. The molecule has 1 aromatic rings. The number of hydrogen-bond donors (Lipinski definition) is 2. The van der Waals surface area contributed by atoms with Crippen LogP contribution in [0.15, 0.2) is 24.3 Å². The van der Waals surface area contributed by atoms with E-state index >= 15 is 0 Å². The predicted octanol–water partition coefficient (Wildman–Crippen LogP) is 0.768. The van der Waals surface area contributed by atoms with Crippen LogP contribution in [0.1, 0.15) is 18.4 Å². The molecule has 0 bridgehead atoms. The highest BCUT2D eigenvalue weighted by molar-refractivity contribution is 5.78. The molecule has 0 aliphatic heterocycles. The summed E-state index contributed by atoms with van der Waals surface area (Å²) < 4.78 is 5.31. The molecular weight excluding hydrogens is 256 g/mol. The molecule has 0 radical (unpaired) electrons. The molecule has 2 N–H and O–H groups in total. The van der Waals surface area contributed by atoms with Crippen LogP contribution < -0.4 is 10.1 Å². The summed E-state index contributed by atoms with van der Waals surface area (Å²) in [4.78, 5) is 13.8. The van der Waals surface area contributed by atoms with Gasteiger partial charge in [0.2, 0.25) is 5.91 Å². The summed E-state index contributed by atoms with van der Waals surface area (Å²) in [6, 6.07) is 8.10. The van der Waals surface area contributed by atoms with E-state index in [1.54, 1.807) is 7.11 Å². The maximum Gasteiger partial charge on any atom is 0.234 e. The first-order valence-electron chi connectivity index (χ1n) is 6.97. The van der Waals surface area contributed by atoms with Gasteiger partial charge in [-0.1, -0.05) is 18.2 Å². The number of nitrogens with zero attached hydrogens (tertiary/aromatic N) is 1. The molecule has 20 heavy (non-hydrogen) atoms. The third kappa shape index (κ3) is 4.51. The van der Waals surface area contributed by atoms with Gasteiger partial charge in [0.05, 0.1) is 20.3 Å². The van der Waals surface area contributed by atoms with Crippen molar-refractivity contribution in [1.82, 2.24) is 10.2 Å². The number of carbonyl (C=O) groups excluding carboxylic acids is 1. The minimum atomic E-state index is 0.0239. The summed E-state index contributed by atoms with van der Waals surface area (Å²) in [6.07, 6.45) is 2.16. The topological polar surface area (TPSA) is 61.8 Å². The average molecular weight is 278 g/mol. The number of rotatable bonds is 8. The summed E-state index contributed by atoms with van der Waals surface area (Å²) in [5.41, 5.74) is 1.02. The Balaban J connectivity index is 1.94. The van der Waals surface area contributed by atoms with Gasteiger partial charge in [-0.05, 0) is 18.9 Å². The maximum absolute atomic E-state index is 11.9. The average Bonchev–Trinajstić information content (AvgIpc) is 3.23. The van der Waals surface area contributed by atoms with Crippen molar-refractivity contribution in [2.24, 2.45) is 0 Å². The van der Waals surface area contributed by atoms with Crippen LogP contribution >= 0.6 is 0 Å². The van der Waals surface area contributed by atoms with Crippen molar-refractivity contribution in [3.8, 4) is 5.75 Å². The fraction of sp³-hybridized carbons (Fsp3) is 0.533. The first kappa shape index (κ1) is 14.8. The van der Waals surface area contributed by atoms with E-state index in [0.717, 1.165) is 24.2 Å². The lowest BCUT2D eigenvalue weighted by Gasteiger charge is -2.22. The molecule has 1 aromatic carbocycles. The first-order chi connectivity index (χ1) is 9.72. The zero-order valence-electron chi connectivity index (χ0n) is 11.8. The van der Waals surface area contributed by atoms with E-state index in [1.165, 1.54) is 0 Å². The van der Waals surface area contributed by atoms with E-state index in [4.69, 9.17) is 9.84 Å².